The van der Waals surface area contributed by atoms with Crippen LogP contribution in [0.5, 0.6) is 0 Å². The number of benzene rings is 1. The van der Waals surface area contributed by atoms with E-state index in [0.717, 1.165) is 18.5 Å². The van der Waals surface area contributed by atoms with Crippen molar-refractivity contribution in [1.82, 2.24) is 4.90 Å². The molecule has 0 saturated heterocycles. The van der Waals surface area contributed by atoms with Crippen molar-refractivity contribution in [3.05, 3.63) is 29.8 Å². The van der Waals surface area contributed by atoms with Crippen molar-refractivity contribution < 1.29 is 14.7 Å². The van der Waals surface area contributed by atoms with Gasteiger partial charge in [0.15, 0.2) is 0 Å². The largest absolute Gasteiger partial charge is 0.480 e. The standard InChI is InChI=1S/C16H22N2O3/c1-3-9-17(11-15(19)20)12(2)16(21)18-10-8-13-6-4-5-7-14(13)18/h4-7,12H,3,8-11H2,1-2H3,(H,19,20). The van der Waals surface area contributed by atoms with Gasteiger partial charge < -0.3 is 10.0 Å². The lowest BCUT2D eigenvalue weighted by Crippen LogP contribution is -2.48. The number of carbonyl (C=O) groups excluding carboxylic acids is 1. The number of nitrogens with zero attached hydrogens (tertiary/aromatic N) is 2. The molecule has 1 N–H and O–H groups in total. The monoisotopic (exact) mass is 290 g/mol. The molecule has 21 heavy (non-hydrogen) atoms. The number of hydrogen-bond acceptors (Lipinski definition) is 3. The molecule has 1 aliphatic heterocycles. The zero-order valence-electron chi connectivity index (χ0n) is 12.6. The van der Waals surface area contributed by atoms with Gasteiger partial charge >= 0.3 is 5.97 Å². The number of fused-ring (bicyclic) bond motifs is 1. The van der Waals surface area contributed by atoms with E-state index in [2.05, 4.69) is 0 Å². The molecule has 0 spiro atoms. The van der Waals surface area contributed by atoms with Crippen molar-refractivity contribution in [3.8, 4) is 0 Å². The Balaban J connectivity index is 2.13. The topological polar surface area (TPSA) is 60.9 Å². The van der Waals surface area contributed by atoms with E-state index in [1.807, 2.05) is 31.2 Å². The molecule has 114 valence electrons. The third kappa shape index (κ3) is 3.42. The highest BCUT2D eigenvalue weighted by Crippen LogP contribution is 2.28. The summed E-state index contributed by atoms with van der Waals surface area (Å²) in [5, 5.41) is 9.00. The van der Waals surface area contributed by atoms with Crippen LogP contribution < -0.4 is 4.90 Å². The Hall–Kier alpha value is -1.88. The van der Waals surface area contributed by atoms with E-state index in [0.29, 0.717) is 13.1 Å². The van der Waals surface area contributed by atoms with Gasteiger partial charge in [0.1, 0.15) is 0 Å². The molecule has 5 heteroatoms. The van der Waals surface area contributed by atoms with E-state index in [9.17, 15) is 9.59 Å². The minimum absolute atomic E-state index is 0.0188. The Morgan fingerprint density at radius 2 is 2.10 bits per heavy atom. The van der Waals surface area contributed by atoms with Gasteiger partial charge in [0, 0.05) is 12.2 Å². The molecule has 1 unspecified atom stereocenters. The minimum atomic E-state index is -0.898. The zero-order chi connectivity index (χ0) is 15.4. The molecular formula is C16H22N2O3. The van der Waals surface area contributed by atoms with Gasteiger partial charge in [0.2, 0.25) is 5.91 Å². The average molecular weight is 290 g/mol. The van der Waals surface area contributed by atoms with Gasteiger partial charge in [-0.15, -0.1) is 0 Å². The lowest BCUT2D eigenvalue weighted by Gasteiger charge is -2.30. The van der Waals surface area contributed by atoms with Crippen LogP contribution in [0.25, 0.3) is 0 Å². The summed E-state index contributed by atoms with van der Waals surface area (Å²) in [6.45, 7) is 4.96. The predicted octanol–water partition coefficient (Wildman–Crippen LogP) is 1.76. The van der Waals surface area contributed by atoms with Gasteiger partial charge in [0.25, 0.3) is 0 Å². The predicted molar refractivity (Wildman–Crippen MR) is 81.5 cm³/mol. The number of para-hydroxylation sites is 1. The fourth-order valence-electron chi connectivity index (χ4n) is 2.82. The molecule has 1 aromatic rings. The van der Waals surface area contributed by atoms with E-state index >= 15 is 0 Å². The normalized spacial score (nSPS) is 15.1. The molecule has 0 fully saturated rings. The summed E-state index contributed by atoms with van der Waals surface area (Å²) in [6, 6.07) is 7.47. The number of amides is 1. The highest BCUT2D eigenvalue weighted by atomic mass is 16.4. The van der Waals surface area contributed by atoms with Crippen molar-refractivity contribution in [2.45, 2.75) is 32.7 Å². The first-order valence-electron chi connectivity index (χ1n) is 7.39. The number of anilines is 1. The van der Waals surface area contributed by atoms with Crippen LogP contribution in [-0.2, 0) is 16.0 Å². The number of hydrogen-bond donors (Lipinski definition) is 1. The third-order valence-corrected chi connectivity index (χ3v) is 3.91. The van der Waals surface area contributed by atoms with Crippen LogP contribution in [0.1, 0.15) is 25.8 Å². The van der Waals surface area contributed by atoms with Crippen LogP contribution in [0.3, 0.4) is 0 Å². The Bertz CT molecular complexity index is 530. The van der Waals surface area contributed by atoms with E-state index in [1.165, 1.54) is 5.56 Å². The molecular weight excluding hydrogens is 268 g/mol. The number of carboxylic acids is 1. The second-order valence-electron chi connectivity index (χ2n) is 5.41. The molecule has 1 aliphatic rings. The van der Waals surface area contributed by atoms with Crippen molar-refractivity contribution in [2.24, 2.45) is 0 Å². The molecule has 1 amide bonds. The van der Waals surface area contributed by atoms with Crippen LogP contribution in [0, 0.1) is 0 Å². The Kier molecular flexibility index (Phi) is 4.96. The lowest BCUT2D eigenvalue weighted by molar-refractivity contribution is -0.139. The molecule has 0 saturated carbocycles. The first-order valence-corrected chi connectivity index (χ1v) is 7.39. The van der Waals surface area contributed by atoms with Gasteiger partial charge in [-0.2, -0.15) is 0 Å². The fourth-order valence-corrected chi connectivity index (χ4v) is 2.82. The zero-order valence-corrected chi connectivity index (χ0v) is 12.6. The van der Waals surface area contributed by atoms with Crippen LogP contribution in [0.4, 0.5) is 5.69 Å². The van der Waals surface area contributed by atoms with Gasteiger partial charge in [-0.1, -0.05) is 25.1 Å². The summed E-state index contributed by atoms with van der Waals surface area (Å²) >= 11 is 0. The molecule has 0 radical (unpaired) electrons. The minimum Gasteiger partial charge on any atom is -0.480 e. The first-order chi connectivity index (χ1) is 10.0. The maximum atomic E-state index is 12.7. The summed E-state index contributed by atoms with van der Waals surface area (Å²) in [5.41, 5.74) is 2.14. The third-order valence-electron chi connectivity index (χ3n) is 3.91. The van der Waals surface area contributed by atoms with E-state index in [-0.39, 0.29) is 12.5 Å². The summed E-state index contributed by atoms with van der Waals surface area (Å²) in [7, 11) is 0. The summed E-state index contributed by atoms with van der Waals surface area (Å²) in [4.78, 5) is 27.2. The van der Waals surface area contributed by atoms with Crippen molar-refractivity contribution in [2.75, 3.05) is 24.5 Å². The Morgan fingerprint density at radius 3 is 2.76 bits per heavy atom. The van der Waals surface area contributed by atoms with Crippen LogP contribution in [0.2, 0.25) is 0 Å². The summed E-state index contributed by atoms with van der Waals surface area (Å²) < 4.78 is 0. The lowest BCUT2D eigenvalue weighted by atomic mass is 10.1. The molecule has 2 rings (SSSR count). The summed E-state index contributed by atoms with van der Waals surface area (Å²) in [6.07, 6.45) is 1.68. The molecule has 0 aliphatic carbocycles. The number of carbonyl (C=O) groups is 2. The van der Waals surface area contributed by atoms with Crippen molar-refractivity contribution >= 4 is 17.6 Å². The van der Waals surface area contributed by atoms with Crippen molar-refractivity contribution in [1.29, 1.82) is 0 Å². The Labute approximate surface area is 125 Å². The van der Waals surface area contributed by atoms with Gasteiger partial charge in [-0.05, 0) is 37.9 Å². The number of aliphatic carboxylic acids is 1. The molecule has 1 atom stereocenters. The second kappa shape index (κ2) is 6.72. The SMILES string of the molecule is CCCN(CC(=O)O)C(C)C(=O)N1CCc2ccccc21. The maximum Gasteiger partial charge on any atom is 0.317 e. The van der Waals surface area contributed by atoms with E-state index in [1.54, 1.807) is 16.7 Å². The van der Waals surface area contributed by atoms with Crippen molar-refractivity contribution in [3.63, 3.8) is 0 Å². The first kappa shape index (κ1) is 15.5. The molecule has 0 aromatic heterocycles. The van der Waals surface area contributed by atoms with E-state index in [4.69, 9.17) is 5.11 Å². The average Bonchev–Trinajstić information content (AvgIpc) is 2.88. The van der Waals surface area contributed by atoms with E-state index < -0.39 is 12.0 Å². The van der Waals surface area contributed by atoms with Gasteiger partial charge in [-0.25, -0.2) is 0 Å². The van der Waals surface area contributed by atoms with Crippen LogP contribution in [-0.4, -0.2) is 47.6 Å². The Morgan fingerprint density at radius 1 is 1.38 bits per heavy atom. The summed E-state index contributed by atoms with van der Waals surface area (Å²) in [5.74, 6) is -0.917. The molecule has 0 bridgehead atoms. The second-order valence-corrected chi connectivity index (χ2v) is 5.41. The molecule has 5 nitrogen and oxygen atoms in total. The molecule has 1 heterocycles. The van der Waals surface area contributed by atoms with Gasteiger partial charge in [-0.3, -0.25) is 14.5 Å². The number of carboxylic acid groups (broad SMARTS) is 1. The highest BCUT2D eigenvalue weighted by Gasteiger charge is 2.31. The maximum absolute atomic E-state index is 12.7. The van der Waals surface area contributed by atoms with Crippen LogP contribution in [0.15, 0.2) is 24.3 Å². The van der Waals surface area contributed by atoms with Gasteiger partial charge in [0.05, 0.1) is 12.6 Å². The quantitative estimate of drug-likeness (QED) is 0.867. The fraction of sp³-hybridized carbons (Fsp3) is 0.500. The smallest absolute Gasteiger partial charge is 0.317 e. The highest BCUT2D eigenvalue weighted by molar-refractivity contribution is 5.98. The number of rotatable bonds is 6. The van der Waals surface area contributed by atoms with Crippen LogP contribution >= 0.6 is 0 Å². The molecule has 1 aromatic carbocycles.